The quantitative estimate of drug-likeness (QED) is 0.902. The van der Waals surface area contributed by atoms with Crippen molar-refractivity contribution >= 4 is 17.3 Å². The van der Waals surface area contributed by atoms with Crippen molar-refractivity contribution < 1.29 is 9.90 Å². The molecule has 0 unspecified atom stereocenters. The van der Waals surface area contributed by atoms with Crippen molar-refractivity contribution in [2.75, 3.05) is 20.6 Å². The molecule has 0 aliphatic carbocycles. The topological polar surface area (TPSA) is 45.5 Å². The molecule has 1 N–H and O–H groups in total. The summed E-state index contributed by atoms with van der Waals surface area (Å²) in [4.78, 5) is 14.4. The van der Waals surface area contributed by atoms with E-state index in [1.54, 1.807) is 17.4 Å². The van der Waals surface area contributed by atoms with E-state index in [0.717, 1.165) is 17.1 Å². The highest BCUT2D eigenvalue weighted by Gasteiger charge is 2.15. The van der Waals surface area contributed by atoms with Crippen molar-refractivity contribution in [2.45, 2.75) is 6.54 Å². The first kappa shape index (κ1) is 12.9. The smallest absolute Gasteiger partial charge is 0.352 e. The van der Waals surface area contributed by atoms with Gasteiger partial charge in [0.2, 0.25) is 0 Å². The first-order chi connectivity index (χ1) is 8.59. The second kappa shape index (κ2) is 5.37. The largest absolute Gasteiger partial charge is 0.477 e. The average molecular weight is 264 g/mol. The summed E-state index contributed by atoms with van der Waals surface area (Å²) in [7, 11) is 3.96. The number of aromatic carboxylic acids is 1. The summed E-state index contributed by atoms with van der Waals surface area (Å²) in [6.07, 6.45) is 0. The Bertz CT molecular complexity index is 529. The zero-order chi connectivity index (χ0) is 13.1. The minimum absolute atomic E-state index is 0.347. The normalized spacial score (nSPS) is 11.1. The maximum absolute atomic E-state index is 11.2. The highest BCUT2D eigenvalue weighted by atomic mass is 32.1. The number of hydrogen-bond donors (Lipinski definition) is 1. The van der Waals surface area contributed by atoms with Gasteiger partial charge in [0.25, 0.3) is 0 Å². The number of hydrogen-bond acceptors (Lipinski definition) is 3. The van der Waals surface area contributed by atoms with Crippen LogP contribution in [0.2, 0.25) is 0 Å². The SMILES string of the molecule is CN(C)CCn1c(C(=O)O)ccc1-c1cccs1. The van der Waals surface area contributed by atoms with E-state index in [2.05, 4.69) is 0 Å². The lowest BCUT2D eigenvalue weighted by Crippen LogP contribution is -2.21. The Morgan fingerprint density at radius 2 is 2.17 bits per heavy atom. The van der Waals surface area contributed by atoms with Gasteiger partial charge in [0.15, 0.2) is 0 Å². The van der Waals surface area contributed by atoms with E-state index in [4.69, 9.17) is 0 Å². The second-order valence-electron chi connectivity index (χ2n) is 4.34. The van der Waals surface area contributed by atoms with Gasteiger partial charge in [-0.1, -0.05) is 6.07 Å². The van der Waals surface area contributed by atoms with Crippen LogP contribution in [-0.2, 0) is 6.54 Å². The van der Waals surface area contributed by atoms with Crippen LogP contribution in [0, 0.1) is 0 Å². The van der Waals surface area contributed by atoms with Gasteiger partial charge >= 0.3 is 5.97 Å². The van der Waals surface area contributed by atoms with Gasteiger partial charge in [-0.25, -0.2) is 4.79 Å². The molecule has 2 rings (SSSR count). The summed E-state index contributed by atoms with van der Waals surface area (Å²) >= 11 is 1.62. The van der Waals surface area contributed by atoms with E-state index in [1.807, 2.05) is 47.1 Å². The third kappa shape index (κ3) is 2.63. The van der Waals surface area contributed by atoms with Crippen molar-refractivity contribution in [1.29, 1.82) is 0 Å². The Morgan fingerprint density at radius 1 is 1.39 bits per heavy atom. The van der Waals surface area contributed by atoms with Gasteiger partial charge in [0, 0.05) is 13.1 Å². The van der Waals surface area contributed by atoms with E-state index >= 15 is 0 Å². The van der Waals surface area contributed by atoms with Gasteiger partial charge in [-0.05, 0) is 37.7 Å². The molecule has 0 aliphatic heterocycles. The van der Waals surface area contributed by atoms with Crippen LogP contribution in [0.4, 0.5) is 0 Å². The van der Waals surface area contributed by atoms with Crippen molar-refractivity contribution in [3.8, 4) is 10.6 Å². The van der Waals surface area contributed by atoms with Crippen LogP contribution >= 0.6 is 11.3 Å². The number of carboxylic acids is 1. The molecule has 0 aromatic carbocycles. The minimum atomic E-state index is -0.878. The fourth-order valence-corrected chi connectivity index (χ4v) is 2.59. The summed E-state index contributed by atoms with van der Waals surface area (Å²) in [5.41, 5.74) is 1.32. The fourth-order valence-electron chi connectivity index (χ4n) is 1.83. The molecule has 0 aliphatic rings. The molecule has 0 spiro atoms. The lowest BCUT2D eigenvalue weighted by Gasteiger charge is -2.14. The molecule has 0 bridgehead atoms. The Morgan fingerprint density at radius 3 is 2.72 bits per heavy atom. The molecule has 4 nitrogen and oxygen atoms in total. The van der Waals surface area contributed by atoms with Crippen molar-refractivity contribution in [1.82, 2.24) is 9.47 Å². The lowest BCUT2D eigenvalue weighted by atomic mass is 10.3. The van der Waals surface area contributed by atoms with E-state index in [9.17, 15) is 9.90 Å². The maximum atomic E-state index is 11.2. The molecule has 0 saturated heterocycles. The van der Waals surface area contributed by atoms with Crippen LogP contribution in [-0.4, -0.2) is 41.2 Å². The summed E-state index contributed by atoms with van der Waals surface area (Å²) in [5.74, 6) is -0.878. The van der Waals surface area contributed by atoms with Crippen LogP contribution in [0.25, 0.3) is 10.6 Å². The van der Waals surface area contributed by atoms with E-state index in [1.165, 1.54) is 0 Å². The molecular formula is C13H16N2O2S. The Labute approximate surface area is 110 Å². The third-order valence-corrected chi connectivity index (χ3v) is 3.64. The predicted octanol–water partition coefficient (Wildman–Crippen LogP) is 2.48. The highest BCUT2D eigenvalue weighted by molar-refractivity contribution is 7.13. The van der Waals surface area contributed by atoms with Gasteiger partial charge < -0.3 is 14.6 Å². The van der Waals surface area contributed by atoms with Crippen molar-refractivity contribution in [3.05, 3.63) is 35.3 Å². The van der Waals surface area contributed by atoms with Crippen LogP contribution in [0.15, 0.2) is 29.6 Å². The first-order valence-corrected chi connectivity index (χ1v) is 6.59. The summed E-state index contributed by atoms with van der Waals surface area (Å²) < 4.78 is 1.87. The number of carbonyl (C=O) groups is 1. The zero-order valence-corrected chi connectivity index (χ0v) is 11.3. The number of aromatic nitrogens is 1. The number of thiophene rings is 1. The maximum Gasteiger partial charge on any atom is 0.352 e. The third-order valence-electron chi connectivity index (χ3n) is 2.74. The molecule has 18 heavy (non-hydrogen) atoms. The first-order valence-electron chi connectivity index (χ1n) is 5.71. The molecule has 2 aromatic rings. The van der Waals surface area contributed by atoms with Gasteiger partial charge in [-0.2, -0.15) is 0 Å². The van der Waals surface area contributed by atoms with Crippen LogP contribution in [0.1, 0.15) is 10.5 Å². The summed E-state index contributed by atoms with van der Waals surface area (Å²) in [5, 5.41) is 11.2. The van der Waals surface area contributed by atoms with E-state index in [-0.39, 0.29) is 0 Å². The predicted molar refractivity (Wildman–Crippen MR) is 73.3 cm³/mol. The molecule has 0 radical (unpaired) electrons. The second-order valence-corrected chi connectivity index (χ2v) is 5.29. The molecule has 0 amide bonds. The molecule has 0 fully saturated rings. The van der Waals surface area contributed by atoms with Crippen LogP contribution in [0.5, 0.6) is 0 Å². The molecule has 2 aromatic heterocycles. The monoisotopic (exact) mass is 264 g/mol. The number of carboxylic acid groups (broad SMARTS) is 1. The van der Waals surface area contributed by atoms with Gasteiger partial charge in [-0.15, -0.1) is 11.3 Å². The average Bonchev–Trinajstić information content (AvgIpc) is 2.94. The number of nitrogens with zero attached hydrogens (tertiary/aromatic N) is 2. The zero-order valence-electron chi connectivity index (χ0n) is 10.5. The number of rotatable bonds is 5. The van der Waals surface area contributed by atoms with Gasteiger partial charge in [0.05, 0.1) is 10.6 Å². The van der Waals surface area contributed by atoms with Crippen LogP contribution < -0.4 is 0 Å². The van der Waals surface area contributed by atoms with Gasteiger partial charge in [0.1, 0.15) is 5.69 Å². The van der Waals surface area contributed by atoms with Gasteiger partial charge in [-0.3, -0.25) is 0 Å². The van der Waals surface area contributed by atoms with Crippen LogP contribution in [0.3, 0.4) is 0 Å². The minimum Gasteiger partial charge on any atom is -0.477 e. The Kier molecular flexibility index (Phi) is 3.84. The molecule has 2 heterocycles. The molecule has 0 saturated carbocycles. The highest BCUT2D eigenvalue weighted by Crippen LogP contribution is 2.27. The standard InChI is InChI=1S/C13H16N2O2S/c1-14(2)7-8-15-10(12-4-3-9-18-12)5-6-11(15)13(16)17/h3-6,9H,7-8H2,1-2H3,(H,16,17). The molecule has 5 heteroatoms. The molecule has 96 valence electrons. The summed E-state index contributed by atoms with van der Waals surface area (Å²) in [6.45, 7) is 1.49. The van der Waals surface area contributed by atoms with E-state index < -0.39 is 5.97 Å². The summed E-state index contributed by atoms with van der Waals surface area (Å²) in [6, 6.07) is 7.54. The van der Waals surface area contributed by atoms with Crippen molar-refractivity contribution in [2.24, 2.45) is 0 Å². The molecule has 0 atom stereocenters. The Hall–Kier alpha value is -1.59. The van der Waals surface area contributed by atoms with Crippen molar-refractivity contribution in [3.63, 3.8) is 0 Å². The van der Waals surface area contributed by atoms with E-state index in [0.29, 0.717) is 12.2 Å². The fraction of sp³-hybridized carbons (Fsp3) is 0.308. The molecular weight excluding hydrogens is 248 g/mol. The lowest BCUT2D eigenvalue weighted by molar-refractivity contribution is 0.0684. The Balaban J connectivity index is 2.38. The number of likely N-dealkylation sites (N-methyl/N-ethyl adjacent to an activating group) is 1.